The third-order valence-corrected chi connectivity index (χ3v) is 2.51. The number of benzene rings is 1. The lowest BCUT2D eigenvalue weighted by molar-refractivity contribution is 0.425. The number of halogens is 2. The number of rotatable bonds is 2. The molecule has 0 amide bonds. The highest BCUT2D eigenvalue weighted by atomic mass is 79.9. The molecule has 1 aromatic heterocycles. The number of aromatic nitrogens is 2. The van der Waals surface area contributed by atoms with E-state index in [0.717, 1.165) is 0 Å². The first-order chi connectivity index (χ1) is 7.59. The summed E-state index contributed by atoms with van der Waals surface area (Å²) in [7, 11) is -1.73. The van der Waals surface area contributed by atoms with E-state index < -0.39 is 12.9 Å². The number of hydrogen-bond acceptors (Lipinski definition) is 3. The van der Waals surface area contributed by atoms with E-state index >= 15 is 0 Å². The molecule has 0 saturated carbocycles. The first-order valence-electron chi connectivity index (χ1n) is 4.44. The lowest BCUT2D eigenvalue weighted by Gasteiger charge is -2.10. The molecule has 2 rings (SSSR count). The summed E-state index contributed by atoms with van der Waals surface area (Å²) in [5.74, 6) is -0.546. The van der Waals surface area contributed by atoms with Gasteiger partial charge < -0.3 is 14.6 Å². The lowest BCUT2D eigenvalue weighted by atomic mass is 9.79. The lowest BCUT2D eigenvalue weighted by Crippen LogP contribution is -2.33. The van der Waals surface area contributed by atoms with Gasteiger partial charge in [-0.05, 0) is 22.0 Å². The van der Waals surface area contributed by atoms with E-state index in [-0.39, 0.29) is 11.2 Å². The Hall–Kier alpha value is -1.18. The van der Waals surface area contributed by atoms with Crippen molar-refractivity contribution in [2.45, 2.75) is 0 Å². The summed E-state index contributed by atoms with van der Waals surface area (Å²) in [4.78, 5) is 3.88. The fraction of sp³-hybridized carbons (Fsp3) is 0. The van der Waals surface area contributed by atoms with Crippen molar-refractivity contribution in [1.82, 2.24) is 9.55 Å². The highest BCUT2D eigenvalue weighted by Crippen LogP contribution is 2.14. The molecule has 0 fully saturated rings. The van der Waals surface area contributed by atoms with Crippen LogP contribution in [0, 0.1) is 5.82 Å². The number of para-hydroxylation sites is 1. The minimum Gasteiger partial charge on any atom is -0.423 e. The van der Waals surface area contributed by atoms with Gasteiger partial charge in [-0.3, -0.25) is 0 Å². The molecule has 0 spiro atoms. The van der Waals surface area contributed by atoms with E-state index in [4.69, 9.17) is 10.0 Å². The van der Waals surface area contributed by atoms with Gasteiger partial charge in [-0.2, -0.15) is 0 Å². The van der Waals surface area contributed by atoms with Crippen molar-refractivity contribution in [3.05, 3.63) is 41.1 Å². The Morgan fingerprint density at radius 2 is 2.12 bits per heavy atom. The predicted molar refractivity (Wildman–Crippen MR) is 61.0 cm³/mol. The van der Waals surface area contributed by atoms with Crippen LogP contribution < -0.4 is 5.46 Å². The number of nitrogens with zero attached hydrogens (tertiary/aromatic N) is 2. The van der Waals surface area contributed by atoms with E-state index in [2.05, 4.69) is 20.9 Å². The molecular formula is C9H7BBrFN2O2. The van der Waals surface area contributed by atoms with Crippen molar-refractivity contribution >= 4 is 28.5 Å². The Bertz CT molecular complexity index is 518. The minimum absolute atomic E-state index is 0.0794. The average Bonchev–Trinajstić information content (AvgIpc) is 2.64. The van der Waals surface area contributed by atoms with Gasteiger partial charge in [0.05, 0.1) is 5.69 Å². The van der Waals surface area contributed by atoms with Crippen LogP contribution in [0.3, 0.4) is 0 Å². The largest absolute Gasteiger partial charge is 0.490 e. The Kier molecular flexibility index (Phi) is 3.09. The van der Waals surface area contributed by atoms with E-state index in [1.165, 1.54) is 35.3 Å². The summed E-state index contributed by atoms with van der Waals surface area (Å²) in [6.45, 7) is 0. The smallest absolute Gasteiger partial charge is 0.423 e. The topological polar surface area (TPSA) is 58.3 Å². The summed E-state index contributed by atoms with van der Waals surface area (Å²) >= 11 is 3.14. The molecule has 0 aliphatic heterocycles. The van der Waals surface area contributed by atoms with Gasteiger partial charge in [0, 0.05) is 11.7 Å². The predicted octanol–water partition coefficient (Wildman–Crippen LogP) is 0.454. The molecule has 0 bridgehead atoms. The van der Waals surface area contributed by atoms with Crippen molar-refractivity contribution in [2.24, 2.45) is 0 Å². The molecule has 0 saturated heterocycles. The van der Waals surface area contributed by atoms with Crippen molar-refractivity contribution in [1.29, 1.82) is 0 Å². The summed E-state index contributed by atoms with van der Waals surface area (Å²) in [6, 6.07) is 4.10. The van der Waals surface area contributed by atoms with E-state index in [1.54, 1.807) is 0 Å². The molecule has 0 atom stereocenters. The quantitative estimate of drug-likeness (QED) is 0.788. The zero-order valence-corrected chi connectivity index (χ0v) is 9.59. The van der Waals surface area contributed by atoms with Gasteiger partial charge in [0.15, 0.2) is 0 Å². The number of imidazole rings is 1. The Morgan fingerprint density at radius 3 is 2.69 bits per heavy atom. The van der Waals surface area contributed by atoms with Crippen LogP contribution in [0.15, 0.2) is 35.3 Å². The second kappa shape index (κ2) is 4.36. The van der Waals surface area contributed by atoms with Crippen LogP contribution in [-0.2, 0) is 0 Å². The normalized spacial score (nSPS) is 10.5. The molecule has 0 aliphatic rings. The van der Waals surface area contributed by atoms with Gasteiger partial charge in [0.2, 0.25) is 0 Å². The van der Waals surface area contributed by atoms with Crippen molar-refractivity contribution in [3.63, 3.8) is 0 Å². The fourth-order valence-electron chi connectivity index (χ4n) is 1.43. The van der Waals surface area contributed by atoms with Crippen LogP contribution in [0.25, 0.3) is 5.69 Å². The van der Waals surface area contributed by atoms with Gasteiger partial charge in [0.25, 0.3) is 0 Å². The maximum atomic E-state index is 13.6. The molecule has 0 aliphatic carbocycles. The Morgan fingerprint density at radius 1 is 1.38 bits per heavy atom. The number of hydrogen-bond donors (Lipinski definition) is 2. The maximum Gasteiger partial charge on any atom is 0.490 e. The highest BCUT2D eigenvalue weighted by molar-refractivity contribution is 9.10. The summed E-state index contributed by atoms with van der Waals surface area (Å²) in [5.41, 5.74) is 0.167. The van der Waals surface area contributed by atoms with Crippen LogP contribution in [0.1, 0.15) is 0 Å². The fourth-order valence-corrected chi connectivity index (χ4v) is 1.75. The van der Waals surface area contributed by atoms with Crippen LogP contribution in [0.2, 0.25) is 0 Å². The molecule has 0 unspecified atom stereocenters. The molecule has 16 heavy (non-hydrogen) atoms. The standard InChI is InChI=1S/C9H7BBrFN2O2/c11-8-4-14(5-13-8)9-6(10(15)16)2-1-3-7(9)12/h1-5,15-16H. The van der Waals surface area contributed by atoms with Gasteiger partial charge in [-0.1, -0.05) is 12.1 Å². The third-order valence-electron chi connectivity index (χ3n) is 2.11. The summed E-state index contributed by atoms with van der Waals surface area (Å²) in [6.07, 6.45) is 2.92. The average molecular weight is 285 g/mol. The maximum absolute atomic E-state index is 13.6. The second-order valence-electron chi connectivity index (χ2n) is 3.16. The molecule has 1 heterocycles. The zero-order valence-electron chi connectivity index (χ0n) is 8.01. The van der Waals surface area contributed by atoms with Gasteiger partial charge in [0.1, 0.15) is 16.7 Å². The molecular weight excluding hydrogens is 278 g/mol. The van der Waals surface area contributed by atoms with Crippen LogP contribution in [0.5, 0.6) is 0 Å². The monoisotopic (exact) mass is 284 g/mol. The van der Waals surface area contributed by atoms with Crippen LogP contribution in [0.4, 0.5) is 4.39 Å². The summed E-state index contributed by atoms with van der Waals surface area (Å²) in [5, 5.41) is 18.3. The third kappa shape index (κ3) is 2.02. The molecule has 2 aromatic rings. The van der Waals surface area contributed by atoms with Crippen molar-refractivity contribution < 1.29 is 14.4 Å². The molecule has 7 heteroatoms. The van der Waals surface area contributed by atoms with Crippen molar-refractivity contribution in [3.8, 4) is 5.69 Å². The van der Waals surface area contributed by atoms with E-state index in [9.17, 15) is 4.39 Å². The SMILES string of the molecule is OB(O)c1cccc(F)c1-n1cnc(Br)c1. The Balaban J connectivity index is 2.62. The van der Waals surface area contributed by atoms with Gasteiger partial charge in [-0.15, -0.1) is 0 Å². The van der Waals surface area contributed by atoms with E-state index in [1.807, 2.05) is 0 Å². The van der Waals surface area contributed by atoms with E-state index in [0.29, 0.717) is 4.60 Å². The van der Waals surface area contributed by atoms with Gasteiger partial charge in [-0.25, -0.2) is 9.37 Å². The highest BCUT2D eigenvalue weighted by Gasteiger charge is 2.20. The minimum atomic E-state index is -1.73. The van der Waals surface area contributed by atoms with Gasteiger partial charge >= 0.3 is 7.12 Å². The molecule has 1 aromatic carbocycles. The zero-order chi connectivity index (χ0) is 11.7. The first-order valence-corrected chi connectivity index (χ1v) is 5.23. The first kappa shape index (κ1) is 11.3. The van der Waals surface area contributed by atoms with Crippen molar-refractivity contribution in [2.75, 3.05) is 0 Å². The second-order valence-corrected chi connectivity index (χ2v) is 3.97. The summed E-state index contributed by atoms with van der Waals surface area (Å²) < 4.78 is 15.5. The van der Waals surface area contributed by atoms with Crippen LogP contribution in [-0.4, -0.2) is 26.7 Å². The molecule has 0 radical (unpaired) electrons. The molecule has 82 valence electrons. The molecule has 4 nitrogen and oxygen atoms in total. The molecule has 2 N–H and O–H groups in total. The Labute approximate surface area is 99.6 Å². The van der Waals surface area contributed by atoms with Crippen LogP contribution >= 0.6 is 15.9 Å².